The second-order valence-corrected chi connectivity index (χ2v) is 9.15. The molecular weight excluding hydrogens is 782 g/mol. The molecule has 233 valence electrons. The van der Waals surface area contributed by atoms with E-state index in [9.17, 15) is 17.3 Å². The van der Waals surface area contributed by atoms with Crippen molar-refractivity contribution in [3.63, 3.8) is 0 Å². The van der Waals surface area contributed by atoms with Crippen molar-refractivity contribution in [2.24, 2.45) is 0 Å². The molecule has 0 heterocycles. The normalized spacial score (nSPS) is 9.00. The van der Waals surface area contributed by atoms with Crippen molar-refractivity contribution in [3.05, 3.63) is 103 Å². The van der Waals surface area contributed by atoms with Gasteiger partial charge in [0.05, 0.1) is 0 Å². The van der Waals surface area contributed by atoms with Crippen LogP contribution in [0.5, 0.6) is 0 Å². The molecule has 0 saturated heterocycles. The molecule has 0 aliphatic carbocycles. The van der Waals surface area contributed by atoms with Crippen molar-refractivity contribution < 1.29 is 86.6 Å². The van der Waals surface area contributed by atoms with Crippen LogP contribution in [-0.4, -0.2) is 18.2 Å². The van der Waals surface area contributed by atoms with Crippen LogP contribution in [0.3, 0.4) is 0 Å². The van der Waals surface area contributed by atoms with Gasteiger partial charge in [0.2, 0.25) is 0 Å². The zero-order chi connectivity index (χ0) is 27.7. The third-order valence-electron chi connectivity index (χ3n) is 7.42. The van der Waals surface area contributed by atoms with Crippen molar-refractivity contribution >= 4 is 7.25 Å². The van der Waals surface area contributed by atoms with Crippen LogP contribution in [0.15, 0.2) is 36.4 Å². The van der Waals surface area contributed by atoms with Gasteiger partial charge in [0.25, 0.3) is 0 Å². The van der Waals surface area contributed by atoms with Gasteiger partial charge in [0.1, 0.15) is 0 Å². The Labute approximate surface area is 278 Å². The zero-order valence-electron chi connectivity index (χ0n) is 25.6. The van der Waals surface area contributed by atoms with E-state index in [1.807, 2.05) is 36.4 Å². The van der Waals surface area contributed by atoms with Crippen LogP contribution < -0.4 is 0 Å². The molecule has 0 atom stereocenters. The Morgan fingerprint density at radius 2 is 0.375 bits per heavy atom. The molecule has 0 amide bonds. The SMILES string of the molecule is Cc1c(C)c(C)c(C)c(C)c1C.Cc1c(C)c(C)c(C)c(C)c1C.F[B-](F)(F)F.O.O.[Ru+].[Ru].[Ru].c1ccccc1. The summed E-state index contributed by atoms with van der Waals surface area (Å²) in [6.45, 7) is 26.5. The van der Waals surface area contributed by atoms with Crippen LogP contribution in [0.2, 0.25) is 0 Å². The summed E-state index contributed by atoms with van der Waals surface area (Å²) in [5.41, 5.74) is 17.5. The van der Waals surface area contributed by atoms with Crippen molar-refractivity contribution in [2.45, 2.75) is 83.1 Å². The number of hydrogen-bond donors (Lipinski definition) is 0. The predicted octanol–water partition coefficient (Wildman–Crippen LogP) is 8.40. The van der Waals surface area contributed by atoms with Gasteiger partial charge in [-0.25, -0.2) is 0 Å². The molecule has 0 fully saturated rings. The van der Waals surface area contributed by atoms with E-state index in [0.717, 1.165) is 0 Å². The average Bonchev–Trinajstić information content (AvgIpc) is 2.82. The fourth-order valence-corrected chi connectivity index (χ4v) is 3.76. The second kappa shape index (κ2) is 23.8. The maximum atomic E-state index is 9.75. The van der Waals surface area contributed by atoms with Crippen LogP contribution in [-0.2, 0) is 58.4 Å². The molecule has 2 nitrogen and oxygen atoms in total. The van der Waals surface area contributed by atoms with E-state index in [0.29, 0.717) is 0 Å². The van der Waals surface area contributed by atoms with Gasteiger partial charge in [-0.3, -0.25) is 0 Å². The molecule has 40 heavy (non-hydrogen) atoms. The first-order chi connectivity index (χ1) is 15.9. The first-order valence-corrected chi connectivity index (χ1v) is 11.9. The Balaban J connectivity index is -0.0000000976. The Hall–Kier alpha value is -0.765. The topological polar surface area (TPSA) is 63.0 Å². The smallest absolute Gasteiger partial charge is 0.418 e. The molecule has 0 saturated carbocycles. The molecule has 0 aromatic heterocycles. The molecule has 3 rings (SSSR count). The quantitative estimate of drug-likeness (QED) is 0.162. The fraction of sp³-hybridized carbons (Fsp3) is 0.400. The van der Waals surface area contributed by atoms with Crippen molar-refractivity contribution in [2.75, 3.05) is 0 Å². The molecule has 3 aromatic rings. The first kappa shape index (κ1) is 51.9. The summed E-state index contributed by atoms with van der Waals surface area (Å²) in [5.74, 6) is 0. The molecule has 0 unspecified atom stereocenters. The third kappa shape index (κ3) is 17.3. The van der Waals surface area contributed by atoms with E-state index >= 15 is 0 Å². The van der Waals surface area contributed by atoms with Crippen LogP contribution in [0, 0.1) is 83.1 Å². The van der Waals surface area contributed by atoms with Crippen LogP contribution in [0.1, 0.15) is 66.8 Å². The predicted molar refractivity (Wildman–Crippen MR) is 154 cm³/mol. The molecule has 0 bridgehead atoms. The van der Waals surface area contributed by atoms with Crippen molar-refractivity contribution in [1.29, 1.82) is 0 Å². The summed E-state index contributed by atoms with van der Waals surface area (Å²) in [6, 6.07) is 12.0. The Bertz CT molecular complexity index is 814. The van der Waals surface area contributed by atoms with Crippen LogP contribution in [0.4, 0.5) is 17.3 Å². The van der Waals surface area contributed by atoms with Gasteiger partial charge in [-0.05, 0) is 150 Å². The summed E-state index contributed by atoms with van der Waals surface area (Å²) >= 11 is 0. The van der Waals surface area contributed by atoms with Crippen LogP contribution in [0.25, 0.3) is 0 Å². The van der Waals surface area contributed by atoms with Gasteiger partial charge < -0.3 is 28.2 Å². The summed E-state index contributed by atoms with van der Waals surface area (Å²) in [4.78, 5) is 0. The van der Waals surface area contributed by atoms with Gasteiger partial charge >= 0.3 is 26.7 Å². The van der Waals surface area contributed by atoms with Gasteiger partial charge in [-0.15, -0.1) is 0 Å². The third-order valence-corrected chi connectivity index (χ3v) is 7.42. The van der Waals surface area contributed by atoms with Crippen LogP contribution >= 0.6 is 0 Å². The minimum absolute atomic E-state index is 0. The monoisotopic (exact) mass is 831 g/mol. The number of rotatable bonds is 0. The van der Waals surface area contributed by atoms with Crippen molar-refractivity contribution in [3.8, 4) is 0 Å². The number of benzene rings is 3. The fourth-order valence-electron chi connectivity index (χ4n) is 3.76. The molecule has 4 N–H and O–H groups in total. The Morgan fingerprint density at radius 3 is 0.425 bits per heavy atom. The standard InChI is InChI=1S/2C12H18.C6H6.BF4.2H2O.3Ru/c2*1-7-8(2)10(4)12(6)11(5)9(7)3;1-2-4-6-5-3-1;2-1(3,4)5;;;;;/h2*1-6H3;1-6H;;2*1H2;;;/q;;;-1;;;;;+1. The molecule has 0 aliphatic heterocycles. The maximum Gasteiger partial charge on any atom is 1.00 e. The van der Waals surface area contributed by atoms with Gasteiger partial charge in [0.15, 0.2) is 0 Å². The molecule has 0 spiro atoms. The first-order valence-electron chi connectivity index (χ1n) is 11.9. The van der Waals surface area contributed by atoms with E-state index in [4.69, 9.17) is 0 Å². The molecule has 1 radical (unpaired) electrons. The summed E-state index contributed by atoms with van der Waals surface area (Å²) < 4.78 is 39.0. The van der Waals surface area contributed by atoms with E-state index in [2.05, 4.69) is 83.1 Å². The second-order valence-electron chi connectivity index (χ2n) is 9.15. The van der Waals surface area contributed by atoms with Crippen molar-refractivity contribution in [1.82, 2.24) is 0 Å². The molecule has 10 heteroatoms. The summed E-state index contributed by atoms with van der Waals surface area (Å²) in [6.07, 6.45) is 0. The van der Waals surface area contributed by atoms with Gasteiger partial charge in [-0.2, -0.15) is 0 Å². The maximum absolute atomic E-state index is 9.75. The Morgan fingerprint density at radius 1 is 0.325 bits per heavy atom. The number of hydrogen-bond acceptors (Lipinski definition) is 0. The average molecular weight is 829 g/mol. The number of halogens is 4. The summed E-state index contributed by atoms with van der Waals surface area (Å²) in [7, 11) is -6.00. The molecule has 0 aliphatic rings. The van der Waals surface area contributed by atoms with Gasteiger partial charge in [-0.1, -0.05) is 36.4 Å². The minimum Gasteiger partial charge on any atom is -0.418 e. The summed E-state index contributed by atoms with van der Waals surface area (Å²) in [5, 5.41) is 0. The zero-order valence-corrected chi connectivity index (χ0v) is 30.8. The van der Waals surface area contributed by atoms with E-state index in [-0.39, 0.29) is 69.4 Å². The molecular formula is C30H46BF4O2Ru3. The van der Waals surface area contributed by atoms with E-state index < -0.39 is 7.25 Å². The molecule has 3 aromatic carbocycles. The van der Waals surface area contributed by atoms with E-state index in [1.54, 1.807) is 0 Å². The van der Waals surface area contributed by atoms with E-state index in [1.165, 1.54) is 66.8 Å². The minimum atomic E-state index is -6.00. The largest absolute Gasteiger partial charge is 1.00 e. The Kier molecular flexibility index (Phi) is 30.8. The van der Waals surface area contributed by atoms with Gasteiger partial charge in [0, 0.05) is 39.0 Å².